The fourth-order valence-corrected chi connectivity index (χ4v) is 5.11. The molecule has 3 aromatic rings. The van der Waals surface area contributed by atoms with Crippen LogP contribution in [0.1, 0.15) is 49.3 Å². The second-order valence-corrected chi connectivity index (χ2v) is 8.33. The lowest BCUT2D eigenvalue weighted by Crippen LogP contribution is -1.88. The molecule has 2 heterocycles. The van der Waals surface area contributed by atoms with Crippen molar-refractivity contribution in [2.45, 2.75) is 39.5 Å². The maximum absolute atomic E-state index is 5.79. The Labute approximate surface area is 139 Å². The van der Waals surface area contributed by atoms with Gasteiger partial charge in [0, 0.05) is 20.5 Å². The molecular weight excluding hydrogens is 312 g/mol. The first kappa shape index (κ1) is 15.6. The van der Waals surface area contributed by atoms with E-state index in [1.54, 1.807) is 14.2 Å². The number of fused-ring (bicyclic) bond motifs is 2. The molecule has 0 aliphatic rings. The molecule has 0 spiro atoms. The zero-order valence-electron chi connectivity index (χ0n) is 13.9. The Bertz CT molecular complexity index is 702. The Morgan fingerprint density at radius 2 is 1.09 bits per heavy atom. The highest BCUT2D eigenvalue weighted by Gasteiger charge is 2.21. The minimum Gasteiger partial charge on any atom is -0.495 e. The second kappa shape index (κ2) is 5.74. The number of ether oxygens (including phenoxy) is 2. The molecule has 0 atom stereocenters. The summed E-state index contributed by atoms with van der Waals surface area (Å²) in [5.41, 5.74) is 0. The summed E-state index contributed by atoms with van der Waals surface area (Å²) in [6, 6.07) is 4.53. The molecule has 0 aliphatic heterocycles. The Hall–Kier alpha value is -1.26. The molecule has 1 aromatic carbocycles. The van der Waals surface area contributed by atoms with E-state index in [2.05, 4.69) is 39.8 Å². The first-order valence-corrected chi connectivity index (χ1v) is 9.22. The summed E-state index contributed by atoms with van der Waals surface area (Å²) in [5.74, 6) is 3.00. The molecule has 2 aromatic heterocycles. The van der Waals surface area contributed by atoms with Gasteiger partial charge in [0.05, 0.1) is 23.6 Å². The van der Waals surface area contributed by atoms with E-state index in [-0.39, 0.29) is 0 Å². The molecule has 0 saturated heterocycles. The lowest BCUT2D eigenvalue weighted by atomic mass is 10.1. The molecular formula is C18H22O2S2. The molecule has 0 fully saturated rings. The molecule has 0 aliphatic carbocycles. The first-order valence-electron chi connectivity index (χ1n) is 7.58. The van der Waals surface area contributed by atoms with Crippen molar-refractivity contribution in [3.8, 4) is 11.5 Å². The van der Waals surface area contributed by atoms with Crippen LogP contribution in [0.3, 0.4) is 0 Å². The van der Waals surface area contributed by atoms with Crippen LogP contribution in [0, 0.1) is 0 Å². The van der Waals surface area contributed by atoms with Gasteiger partial charge in [0.1, 0.15) is 11.5 Å². The molecule has 22 heavy (non-hydrogen) atoms. The standard InChI is InChI=1S/C18H22O2S2/c1-9(2)13-7-11-15(19-5)18-12(8-14(22-18)10(3)4)16(20-6)17(11)21-13/h7-10H,1-6H3. The van der Waals surface area contributed by atoms with E-state index in [0.29, 0.717) is 11.8 Å². The lowest BCUT2D eigenvalue weighted by molar-refractivity contribution is 0.419. The fraction of sp³-hybridized carbons (Fsp3) is 0.444. The smallest absolute Gasteiger partial charge is 0.145 e. The molecule has 0 saturated carbocycles. The van der Waals surface area contributed by atoms with Gasteiger partial charge in [0.25, 0.3) is 0 Å². The van der Waals surface area contributed by atoms with Crippen LogP contribution in [0.2, 0.25) is 0 Å². The van der Waals surface area contributed by atoms with Crippen molar-refractivity contribution >= 4 is 42.8 Å². The number of hydrogen-bond acceptors (Lipinski definition) is 4. The van der Waals surface area contributed by atoms with Crippen LogP contribution in [-0.4, -0.2) is 14.2 Å². The van der Waals surface area contributed by atoms with Crippen LogP contribution in [0.5, 0.6) is 11.5 Å². The molecule has 118 valence electrons. The predicted molar refractivity (Wildman–Crippen MR) is 98.5 cm³/mol. The minimum atomic E-state index is 0.510. The Morgan fingerprint density at radius 3 is 1.36 bits per heavy atom. The SMILES string of the molecule is COc1c2cc(C(C)C)sc2c(OC)c2cc(C(C)C)sc12. The topological polar surface area (TPSA) is 18.5 Å². The molecule has 0 bridgehead atoms. The highest BCUT2D eigenvalue weighted by Crippen LogP contribution is 2.50. The van der Waals surface area contributed by atoms with Gasteiger partial charge in [-0.3, -0.25) is 0 Å². The summed E-state index contributed by atoms with van der Waals surface area (Å²) in [6.07, 6.45) is 0. The van der Waals surface area contributed by atoms with Crippen LogP contribution in [0.25, 0.3) is 20.2 Å². The van der Waals surface area contributed by atoms with E-state index >= 15 is 0 Å². The largest absolute Gasteiger partial charge is 0.495 e. The maximum atomic E-state index is 5.79. The molecule has 0 unspecified atom stereocenters. The third kappa shape index (κ3) is 2.29. The number of methoxy groups -OCH3 is 2. The van der Waals surface area contributed by atoms with Crippen LogP contribution < -0.4 is 9.47 Å². The predicted octanol–water partition coefficient (Wildman–Crippen LogP) is 6.38. The van der Waals surface area contributed by atoms with Crippen LogP contribution >= 0.6 is 22.7 Å². The number of hydrogen-bond donors (Lipinski definition) is 0. The zero-order valence-corrected chi connectivity index (χ0v) is 15.6. The van der Waals surface area contributed by atoms with Crippen LogP contribution in [-0.2, 0) is 0 Å². The van der Waals surface area contributed by atoms with Gasteiger partial charge in [-0.05, 0) is 24.0 Å². The molecule has 0 amide bonds. The third-order valence-corrected chi connectivity index (χ3v) is 6.82. The van der Waals surface area contributed by atoms with Crippen molar-refractivity contribution in [2.24, 2.45) is 0 Å². The quantitative estimate of drug-likeness (QED) is 0.551. The van der Waals surface area contributed by atoms with Crippen molar-refractivity contribution in [2.75, 3.05) is 14.2 Å². The van der Waals surface area contributed by atoms with Gasteiger partial charge >= 0.3 is 0 Å². The van der Waals surface area contributed by atoms with Gasteiger partial charge in [0.2, 0.25) is 0 Å². The van der Waals surface area contributed by atoms with E-state index in [1.165, 1.54) is 29.9 Å². The fourth-order valence-electron chi connectivity index (χ4n) is 2.71. The molecule has 2 nitrogen and oxygen atoms in total. The lowest BCUT2D eigenvalue weighted by Gasteiger charge is -2.08. The molecule has 0 radical (unpaired) electrons. The third-order valence-electron chi connectivity index (χ3n) is 3.95. The van der Waals surface area contributed by atoms with E-state index in [0.717, 1.165) is 11.5 Å². The average Bonchev–Trinajstić information content (AvgIpc) is 3.08. The van der Waals surface area contributed by atoms with Crippen LogP contribution in [0.4, 0.5) is 0 Å². The molecule has 3 rings (SSSR count). The van der Waals surface area contributed by atoms with Crippen molar-refractivity contribution in [1.82, 2.24) is 0 Å². The van der Waals surface area contributed by atoms with Gasteiger partial charge in [-0.25, -0.2) is 0 Å². The average molecular weight is 335 g/mol. The van der Waals surface area contributed by atoms with E-state index < -0.39 is 0 Å². The summed E-state index contributed by atoms with van der Waals surface area (Å²) in [5, 5.41) is 2.36. The van der Waals surface area contributed by atoms with Gasteiger partial charge in [0.15, 0.2) is 0 Å². The van der Waals surface area contributed by atoms with E-state index in [1.807, 2.05) is 22.7 Å². The Kier molecular flexibility index (Phi) is 4.08. The van der Waals surface area contributed by atoms with E-state index in [9.17, 15) is 0 Å². The van der Waals surface area contributed by atoms with Crippen molar-refractivity contribution < 1.29 is 9.47 Å². The summed E-state index contributed by atoms with van der Waals surface area (Å²) in [4.78, 5) is 2.74. The normalized spacial score (nSPS) is 12.0. The summed E-state index contributed by atoms with van der Waals surface area (Å²) >= 11 is 3.64. The minimum absolute atomic E-state index is 0.510. The number of thiophene rings is 2. The van der Waals surface area contributed by atoms with Crippen LogP contribution in [0.15, 0.2) is 12.1 Å². The number of benzene rings is 1. The summed E-state index contributed by atoms with van der Waals surface area (Å²) < 4.78 is 14.0. The van der Waals surface area contributed by atoms with Crippen molar-refractivity contribution in [1.29, 1.82) is 0 Å². The first-order chi connectivity index (χ1) is 10.5. The van der Waals surface area contributed by atoms with Gasteiger partial charge in [-0.15, -0.1) is 22.7 Å². The van der Waals surface area contributed by atoms with E-state index in [4.69, 9.17) is 9.47 Å². The van der Waals surface area contributed by atoms with Crippen molar-refractivity contribution in [3.05, 3.63) is 21.9 Å². The summed E-state index contributed by atoms with van der Waals surface area (Å²) in [6.45, 7) is 8.90. The van der Waals surface area contributed by atoms with Gasteiger partial charge in [-0.1, -0.05) is 27.7 Å². The highest BCUT2D eigenvalue weighted by atomic mass is 32.1. The molecule has 4 heteroatoms. The number of rotatable bonds is 4. The maximum Gasteiger partial charge on any atom is 0.145 e. The van der Waals surface area contributed by atoms with Gasteiger partial charge in [-0.2, -0.15) is 0 Å². The monoisotopic (exact) mass is 334 g/mol. The zero-order chi connectivity index (χ0) is 16.0. The second-order valence-electron chi connectivity index (χ2n) is 6.16. The Balaban J connectivity index is 2.44. The summed E-state index contributed by atoms with van der Waals surface area (Å²) in [7, 11) is 3.53. The molecule has 0 N–H and O–H groups in total. The van der Waals surface area contributed by atoms with Gasteiger partial charge < -0.3 is 9.47 Å². The Morgan fingerprint density at radius 1 is 0.727 bits per heavy atom. The van der Waals surface area contributed by atoms with Crippen molar-refractivity contribution in [3.63, 3.8) is 0 Å². The highest BCUT2D eigenvalue weighted by molar-refractivity contribution is 7.21.